The highest BCUT2D eigenvalue weighted by Gasteiger charge is 2.03. The second kappa shape index (κ2) is 6.14. The minimum atomic E-state index is -0.533. The quantitative estimate of drug-likeness (QED) is 0.373. The molecule has 6 heteroatoms. The lowest BCUT2D eigenvalue weighted by molar-refractivity contribution is -0.141. The lowest BCUT2D eigenvalue weighted by Gasteiger charge is -2.01. The Morgan fingerprint density at radius 3 is 2.58 bits per heavy atom. The van der Waals surface area contributed by atoms with E-state index in [0.29, 0.717) is 6.41 Å². The monoisotopic (exact) mass is 174 g/mol. The molecule has 0 unspecified atom stereocenters. The fourth-order valence-electron chi connectivity index (χ4n) is 0.440. The first-order valence-electron chi connectivity index (χ1n) is 3.21. The van der Waals surface area contributed by atoms with Gasteiger partial charge in [-0.15, -0.1) is 0 Å². The second-order valence-corrected chi connectivity index (χ2v) is 1.85. The van der Waals surface area contributed by atoms with Gasteiger partial charge in [0.05, 0.1) is 13.7 Å². The smallest absolute Gasteiger partial charge is 0.325 e. The van der Waals surface area contributed by atoms with Gasteiger partial charge in [0.15, 0.2) is 0 Å². The van der Waals surface area contributed by atoms with E-state index in [4.69, 9.17) is 0 Å². The molecule has 0 aromatic carbocycles. The van der Waals surface area contributed by atoms with Crippen LogP contribution in [0.4, 0.5) is 0 Å². The van der Waals surface area contributed by atoms with Crippen molar-refractivity contribution in [3.8, 4) is 0 Å². The van der Waals surface area contributed by atoms with Crippen LogP contribution in [0.2, 0.25) is 0 Å². The molecule has 68 valence electrons. The maximum absolute atomic E-state index is 10.7. The lowest BCUT2D eigenvalue weighted by atomic mass is 10.5. The average molecular weight is 174 g/mol. The highest BCUT2D eigenvalue weighted by molar-refractivity contribution is 5.84. The highest BCUT2D eigenvalue weighted by atomic mass is 16.5. The van der Waals surface area contributed by atoms with Crippen LogP contribution in [0.25, 0.3) is 0 Å². The summed E-state index contributed by atoms with van der Waals surface area (Å²) < 4.78 is 4.26. The molecule has 0 aliphatic rings. The first-order chi connectivity index (χ1) is 5.70. The molecular formula is C6H10N2O4. The van der Waals surface area contributed by atoms with Crippen molar-refractivity contribution in [2.45, 2.75) is 0 Å². The Morgan fingerprint density at radius 1 is 1.42 bits per heavy atom. The second-order valence-electron chi connectivity index (χ2n) is 1.85. The molecule has 2 amide bonds. The minimum absolute atomic E-state index is 0.138. The number of esters is 1. The van der Waals surface area contributed by atoms with Gasteiger partial charge in [0.25, 0.3) is 0 Å². The maximum Gasteiger partial charge on any atom is 0.325 e. The molecule has 0 spiro atoms. The molecule has 12 heavy (non-hydrogen) atoms. The van der Waals surface area contributed by atoms with E-state index in [0.717, 1.165) is 0 Å². The zero-order valence-corrected chi connectivity index (χ0v) is 6.62. The normalized spacial score (nSPS) is 8.42. The van der Waals surface area contributed by atoms with E-state index in [1.54, 1.807) is 0 Å². The topological polar surface area (TPSA) is 84.5 Å². The lowest BCUT2D eigenvalue weighted by Crippen LogP contribution is -2.36. The Bertz CT molecular complexity index is 180. The van der Waals surface area contributed by atoms with Crippen LogP contribution in [0.3, 0.4) is 0 Å². The summed E-state index contributed by atoms with van der Waals surface area (Å²) in [6.07, 6.45) is 0.401. The third-order valence-electron chi connectivity index (χ3n) is 1.00. The van der Waals surface area contributed by atoms with Crippen molar-refractivity contribution in [2.24, 2.45) is 0 Å². The van der Waals surface area contributed by atoms with Gasteiger partial charge in [-0.2, -0.15) is 0 Å². The highest BCUT2D eigenvalue weighted by Crippen LogP contribution is 1.69. The van der Waals surface area contributed by atoms with Crippen molar-refractivity contribution in [3.05, 3.63) is 0 Å². The molecule has 0 rings (SSSR count). The van der Waals surface area contributed by atoms with E-state index in [-0.39, 0.29) is 13.1 Å². The summed E-state index contributed by atoms with van der Waals surface area (Å²) in [5, 5.41) is 4.38. The molecule has 0 aromatic heterocycles. The van der Waals surface area contributed by atoms with Crippen molar-refractivity contribution >= 4 is 18.3 Å². The largest absolute Gasteiger partial charge is 0.468 e. The third-order valence-corrected chi connectivity index (χ3v) is 1.00. The van der Waals surface area contributed by atoms with Gasteiger partial charge >= 0.3 is 5.97 Å². The fraction of sp³-hybridized carbons (Fsp3) is 0.500. The molecular weight excluding hydrogens is 164 g/mol. The molecule has 0 saturated heterocycles. The molecule has 0 bridgehead atoms. The van der Waals surface area contributed by atoms with E-state index in [1.165, 1.54) is 7.11 Å². The average Bonchev–Trinajstić information content (AvgIpc) is 2.10. The Hall–Kier alpha value is -1.59. The Balaban J connectivity index is 3.43. The molecule has 6 nitrogen and oxygen atoms in total. The van der Waals surface area contributed by atoms with E-state index < -0.39 is 11.9 Å². The standard InChI is InChI=1S/C6H10N2O4/c1-12-6(11)3-8-5(10)2-7-4-9/h4H,2-3H2,1H3,(H,7,9)(H,8,10). The number of ether oxygens (including phenoxy) is 1. The number of carbonyl (C=O) groups is 3. The molecule has 2 N–H and O–H groups in total. The molecule has 0 aliphatic heterocycles. The molecule has 0 aromatic rings. The molecule has 0 heterocycles. The van der Waals surface area contributed by atoms with Crippen LogP contribution < -0.4 is 10.6 Å². The van der Waals surface area contributed by atoms with E-state index in [2.05, 4.69) is 15.4 Å². The minimum Gasteiger partial charge on any atom is -0.468 e. The summed E-state index contributed by atoms with van der Waals surface area (Å²) in [7, 11) is 1.22. The van der Waals surface area contributed by atoms with Crippen molar-refractivity contribution in [3.63, 3.8) is 0 Å². The first-order valence-corrected chi connectivity index (χ1v) is 3.21. The van der Waals surface area contributed by atoms with E-state index in [1.807, 2.05) is 0 Å². The number of nitrogens with one attached hydrogen (secondary N) is 2. The number of hydrogen-bond donors (Lipinski definition) is 2. The molecule has 0 saturated carbocycles. The van der Waals surface area contributed by atoms with Gasteiger partial charge < -0.3 is 15.4 Å². The van der Waals surface area contributed by atoms with Crippen molar-refractivity contribution < 1.29 is 19.1 Å². The summed E-state index contributed by atoms with van der Waals surface area (Å²) >= 11 is 0. The van der Waals surface area contributed by atoms with E-state index in [9.17, 15) is 14.4 Å². The number of amides is 2. The summed E-state index contributed by atoms with van der Waals surface area (Å²) in [6, 6.07) is 0. The van der Waals surface area contributed by atoms with Gasteiger partial charge in [-0.25, -0.2) is 0 Å². The van der Waals surface area contributed by atoms with Gasteiger partial charge in [0.1, 0.15) is 6.54 Å². The number of methoxy groups -OCH3 is 1. The number of rotatable bonds is 5. The van der Waals surface area contributed by atoms with Crippen LogP contribution in [0.1, 0.15) is 0 Å². The van der Waals surface area contributed by atoms with E-state index >= 15 is 0 Å². The summed E-state index contributed by atoms with van der Waals surface area (Å²) in [5.41, 5.74) is 0. The number of carbonyl (C=O) groups excluding carboxylic acids is 3. The van der Waals surface area contributed by atoms with Gasteiger partial charge in [-0.1, -0.05) is 0 Å². The molecule has 0 atom stereocenters. The summed E-state index contributed by atoms with van der Waals surface area (Å²) in [4.78, 5) is 30.9. The SMILES string of the molecule is COC(=O)CNC(=O)CNC=O. The van der Waals surface area contributed by atoms with Crippen LogP contribution in [-0.4, -0.2) is 38.5 Å². The van der Waals surface area contributed by atoms with Crippen LogP contribution in [0.15, 0.2) is 0 Å². The zero-order chi connectivity index (χ0) is 9.40. The van der Waals surface area contributed by atoms with Crippen LogP contribution >= 0.6 is 0 Å². The first kappa shape index (κ1) is 10.4. The van der Waals surface area contributed by atoms with Crippen LogP contribution in [0, 0.1) is 0 Å². The Kier molecular flexibility index (Phi) is 5.33. The Morgan fingerprint density at radius 2 is 2.08 bits per heavy atom. The van der Waals surface area contributed by atoms with Crippen LogP contribution in [-0.2, 0) is 19.1 Å². The predicted octanol–water partition coefficient (Wildman–Crippen LogP) is -1.98. The maximum atomic E-state index is 10.7. The van der Waals surface area contributed by atoms with Crippen molar-refractivity contribution in [1.29, 1.82) is 0 Å². The summed E-state index contributed by atoms with van der Waals surface area (Å²) in [5.74, 6) is -0.970. The van der Waals surface area contributed by atoms with Gasteiger partial charge in [-0.05, 0) is 0 Å². The van der Waals surface area contributed by atoms with Gasteiger partial charge in [0, 0.05) is 0 Å². The molecule has 0 radical (unpaired) electrons. The zero-order valence-electron chi connectivity index (χ0n) is 6.62. The van der Waals surface area contributed by atoms with Gasteiger partial charge in [0.2, 0.25) is 12.3 Å². The van der Waals surface area contributed by atoms with Gasteiger partial charge in [-0.3, -0.25) is 14.4 Å². The van der Waals surface area contributed by atoms with Crippen LogP contribution in [0.5, 0.6) is 0 Å². The van der Waals surface area contributed by atoms with Crippen molar-refractivity contribution in [1.82, 2.24) is 10.6 Å². The fourth-order valence-corrected chi connectivity index (χ4v) is 0.440. The van der Waals surface area contributed by atoms with Crippen molar-refractivity contribution in [2.75, 3.05) is 20.2 Å². The summed E-state index contributed by atoms with van der Waals surface area (Å²) in [6.45, 7) is -0.323. The molecule has 0 aliphatic carbocycles. The Labute approximate surface area is 69.3 Å². The number of hydrogen-bond acceptors (Lipinski definition) is 4. The third kappa shape index (κ3) is 5.21. The predicted molar refractivity (Wildman–Crippen MR) is 39.1 cm³/mol. The molecule has 0 fully saturated rings.